The number of aliphatic hydroxyl groups excluding tert-OH is 1. The number of amides is 2. The molecule has 4 atom stereocenters. The van der Waals surface area contributed by atoms with E-state index in [1.165, 1.54) is 6.92 Å². The van der Waals surface area contributed by atoms with E-state index in [-0.39, 0.29) is 11.9 Å². The number of H-pyrrole nitrogens is 1. The molecule has 0 saturated heterocycles. The number of nitrogens with one attached hydrogen (secondary N) is 4. The number of hydrazine groups is 1. The van der Waals surface area contributed by atoms with E-state index in [1.54, 1.807) is 0 Å². The predicted octanol–water partition coefficient (Wildman–Crippen LogP) is -0.401. The van der Waals surface area contributed by atoms with Crippen molar-refractivity contribution in [1.29, 1.82) is 0 Å². The normalized spacial score (nSPS) is 22.1. The van der Waals surface area contributed by atoms with Crippen LogP contribution in [0.25, 0.3) is 10.9 Å². The summed E-state index contributed by atoms with van der Waals surface area (Å²) in [7, 11) is 0. The Kier molecular flexibility index (Phi) is 4.76. The Hall–Kier alpha value is -2.42. The second-order valence-electron chi connectivity index (χ2n) is 6.45. The minimum Gasteiger partial charge on any atom is -0.391 e. The van der Waals surface area contributed by atoms with Crippen molar-refractivity contribution in [3.05, 3.63) is 35.5 Å². The van der Waals surface area contributed by atoms with Crippen molar-refractivity contribution in [1.82, 2.24) is 21.2 Å². The van der Waals surface area contributed by atoms with Crippen LogP contribution in [0.15, 0.2) is 24.3 Å². The summed E-state index contributed by atoms with van der Waals surface area (Å²) >= 11 is 0. The number of fused-ring (bicyclic) bond motifs is 3. The monoisotopic (exact) mass is 345 g/mol. The van der Waals surface area contributed by atoms with Gasteiger partial charge in [0.1, 0.15) is 6.04 Å². The van der Waals surface area contributed by atoms with Crippen LogP contribution in [0, 0.1) is 0 Å². The van der Waals surface area contributed by atoms with Crippen LogP contribution in [0.5, 0.6) is 0 Å². The van der Waals surface area contributed by atoms with Crippen molar-refractivity contribution < 1.29 is 14.7 Å². The van der Waals surface area contributed by atoms with Gasteiger partial charge < -0.3 is 15.8 Å². The Morgan fingerprint density at radius 2 is 2.04 bits per heavy atom. The molecule has 0 spiro atoms. The molecule has 0 unspecified atom stereocenters. The zero-order valence-electron chi connectivity index (χ0n) is 14.2. The van der Waals surface area contributed by atoms with Gasteiger partial charge in [0.15, 0.2) is 0 Å². The molecule has 25 heavy (non-hydrogen) atoms. The molecule has 0 bridgehead atoms. The fourth-order valence-corrected chi connectivity index (χ4v) is 3.14. The van der Waals surface area contributed by atoms with E-state index in [9.17, 15) is 14.7 Å². The van der Waals surface area contributed by atoms with Crippen LogP contribution in [-0.4, -0.2) is 40.1 Å². The highest BCUT2D eigenvalue weighted by Gasteiger charge is 2.31. The molecule has 1 aromatic heterocycles. The number of para-hydroxylation sites is 1. The van der Waals surface area contributed by atoms with E-state index in [2.05, 4.69) is 21.2 Å². The van der Waals surface area contributed by atoms with Crippen LogP contribution in [0.3, 0.4) is 0 Å². The van der Waals surface area contributed by atoms with Gasteiger partial charge in [0.05, 0.1) is 12.1 Å². The highest BCUT2D eigenvalue weighted by atomic mass is 16.3. The van der Waals surface area contributed by atoms with Gasteiger partial charge in [0.2, 0.25) is 0 Å². The van der Waals surface area contributed by atoms with E-state index >= 15 is 0 Å². The molecular formula is C17H23N5O3. The highest BCUT2D eigenvalue weighted by Crippen LogP contribution is 2.31. The van der Waals surface area contributed by atoms with Crippen LogP contribution >= 0.6 is 0 Å². The van der Waals surface area contributed by atoms with Crippen molar-refractivity contribution in [3.8, 4) is 0 Å². The van der Waals surface area contributed by atoms with Gasteiger partial charge in [-0.05, 0) is 31.9 Å². The lowest BCUT2D eigenvalue weighted by Gasteiger charge is -2.28. The highest BCUT2D eigenvalue weighted by molar-refractivity contribution is 5.90. The summed E-state index contributed by atoms with van der Waals surface area (Å²) in [6.45, 7) is 3.39. The Balaban J connectivity index is 1.70. The fourth-order valence-electron chi connectivity index (χ4n) is 3.14. The zero-order chi connectivity index (χ0) is 18.1. The van der Waals surface area contributed by atoms with Gasteiger partial charge in [-0.2, -0.15) is 0 Å². The first-order chi connectivity index (χ1) is 11.9. The third kappa shape index (κ3) is 3.37. The number of hydrogen-bond donors (Lipinski definition) is 6. The summed E-state index contributed by atoms with van der Waals surface area (Å²) in [5, 5.41) is 13.6. The summed E-state index contributed by atoms with van der Waals surface area (Å²) in [6, 6.07) is 6.36. The molecule has 0 fully saturated rings. The molecular weight excluding hydrogens is 322 g/mol. The number of carbonyl (C=O) groups is 2. The maximum absolute atomic E-state index is 12.4. The smallest absolute Gasteiger partial charge is 0.257 e. The van der Waals surface area contributed by atoms with Crippen molar-refractivity contribution in [2.45, 2.75) is 44.5 Å². The number of benzene rings is 1. The number of aromatic amines is 1. The van der Waals surface area contributed by atoms with Gasteiger partial charge in [-0.25, -0.2) is 0 Å². The van der Waals surface area contributed by atoms with E-state index in [4.69, 9.17) is 5.73 Å². The number of rotatable bonds is 3. The largest absolute Gasteiger partial charge is 0.391 e. The first-order valence-corrected chi connectivity index (χ1v) is 8.27. The molecule has 134 valence electrons. The van der Waals surface area contributed by atoms with Crippen molar-refractivity contribution in [2.24, 2.45) is 5.73 Å². The first kappa shape index (κ1) is 17.4. The molecule has 2 aromatic rings. The van der Waals surface area contributed by atoms with Gasteiger partial charge in [-0.1, -0.05) is 18.2 Å². The second kappa shape index (κ2) is 6.83. The van der Waals surface area contributed by atoms with Gasteiger partial charge in [-0.15, -0.1) is 0 Å². The lowest BCUT2D eigenvalue weighted by molar-refractivity contribution is -0.132. The average Bonchev–Trinajstić information content (AvgIpc) is 2.98. The Bertz CT molecular complexity index is 801. The Labute approximate surface area is 145 Å². The van der Waals surface area contributed by atoms with Crippen molar-refractivity contribution in [2.75, 3.05) is 0 Å². The van der Waals surface area contributed by atoms with Crippen LogP contribution in [-0.2, 0) is 16.0 Å². The molecule has 0 aliphatic carbocycles. The van der Waals surface area contributed by atoms with Crippen LogP contribution in [0.2, 0.25) is 0 Å². The van der Waals surface area contributed by atoms with Gasteiger partial charge >= 0.3 is 0 Å². The molecule has 0 saturated carbocycles. The maximum atomic E-state index is 12.4. The van der Waals surface area contributed by atoms with E-state index in [0.29, 0.717) is 6.42 Å². The van der Waals surface area contributed by atoms with E-state index < -0.39 is 24.1 Å². The zero-order valence-corrected chi connectivity index (χ0v) is 14.2. The van der Waals surface area contributed by atoms with Crippen molar-refractivity contribution in [3.63, 3.8) is 0 Å². The van der Waals surface area contributed by atoms with Crippen LogP contribution in [0.4, 0.5) is 0 Å². The topological polar surface area (TPSA) is 132 Å². The minimum absolute atomic E-state index is 0.0256. The third-order valence-corrected chi connectivity index (χ3v) is 4.59. The molecule has 7 N–H and O–H groups in total. The first-order valence-electron chi connectivity index (χ1n) is 8.27. The summed E-state index contributed by atoms with van der Waals surface area (Å²) in [6.07, 6.45) is -0.494. The predicted molar refractivity (Wildman–Crippen MR) is 93.3 cm³/mol. The number of carbonyl (C=O) groups excluding carboxylic acids is 2. The summed E-state index contributed by atoms with van der Waals surface area (Å²) in [4.78, 5) is 27.5. The number of hydrogen-bond acceptors (Lipinski definition) is 5. The van der Waals surface area contributed by atoms with E-state index in [0.717, 1.165) is 22.2 Å². The second-order valence-corrected chi connectivity index (χ2v) is 6.45. The van der Waals surface area contributed by atoms with Crippen molar-refractivity contribution >= 4 is 22.7 Å². The molecule has 2 amide bonds. The minimum atomic E-state index is -1.10. The Morgan fingerprint density at radius 3 is 2.76 bits per heavy atom. The maximum Gasteiger partial charge on any atom is 0.257 e. The van der Waals surface area contributed by atoms with Crippen LogP contribution < -0.4 is 21.9 Å². The summed E-state index contributed by atoms with van der Waals surface area (Å²) in [5.41, 5.74) is 13.4. The number of aromatic nitrogens is 1. The average molecular weight is 345 g/mol. The summed E-state index contributed by atoms with van der Waals surface area (Å²) in [5.74, 6) is -0.992. The summed E-state index contributed by atoms with van der Waals surface area (Å²) < 4.78 is 0. The number of aliphatic hydroxyl groups is 1. The fraction of sp³-hybridized carbons (Fsp3) is 0.412. The molecule has 3 rings (SSSR count). The molecule has 1 aliphatic heterocycles. The van der Waals surface area contributed by atoms with E-state index in [1.807, 2.05) is 31.2 Å². The van der Waals surface area contributed by atoms with Gasteiger partial charge in [-0.3, -0.25) is 25.8 Å². The molecule has 8 nitrogen and oxygen atoms in total. The molecule has 0 radical (unpaired) electrons. The SMILES string of the molecule is C[C@@H]1N[C@H](C(=O)NNC(=O)[C@@H](N)[C@@H](C)O)Cc2c1[nH]c1ccccc21. The lowest BCUT2D eigenvalue weighted by atomic mass is 9.94. The standard InChI is InChI=1S/C17H23N5O3/c1-8-15-11(10-5-3-4-6-12(10)20-15)7-13(19-8)16(24)21-22-17(25)14(18)9(2)23/h3-6,8-9,13-14,19-20,23H,7,18H2,1-2H3,(H,21,24)(H,22,25)/t8-,9+,13-,14-/m0/s1. The number of nitrogens with two attached hydrogens (primary N) is 1. The lowest BCUT2D eigenvalue weighted by Crippen LogP contribution is -2.57. The molecule has 8 heteroatoms. The third-order valence-electron chi connectivity index (χ3n) is 4.59. The Morgan fingerprint density at radius 1 is 1.32 bits per heavy atom. The van der Waals surface area contributed by atoms with Crippen LogP contribution in [0.1, 0.15) is 31.1 Å². The van der Waals surface area contributed by atoms with Gasteiger partial charge in [0.25, 0.3) is 11.8 Å². The molecule has 1 aliphatic rings. The quantitative estimate of drug-likeness (QED) is 0.421. The molecule has 2 heterocycles. The van der Waals surface area contributed by atoms with Gasteiger partial charge in [0, 0.05) is 22.6 Å². The molecule has 1 aromatic carbocycles.